The first-order valence-electron chi connectivity index (χ1n) is 3.34. The maximum absolute atomic E-state index is 10.7. The van der Waals surface area contributed by atoms with Crippen molar-refractivity contribution in [1.82, 2.24) is 10.6 Å². The molecule has 0 aliphatic carbocycles. The lowest BCUT2D eigenvalue weighted by molar-refractivity contribution is 0.257. The minimum atomic E-state index is -0.0756. The van der Waals surface area contributed by atoms with Gasteiger partial charge in [0.1, 0.15) is 0 Å². The van der Waals surface area contributed by atoms with Crippen molar-refractivity contribution in [2.24, 2.45) is 0 Å². The van der Waals surface area contributed by atoms with Crippen molar-refractivity contribution in [1.29, 1.82) is 0 Å². The van der Waals surface area contributed by atoms with Crippen molar-refractivity contribution in [2.75, 3.05) is 25.6 Å². The first-order valence-corrected chi connectivity index (χ1v) is 5.79. The molecule has 0 saturated carbocycles. The van der Waals surface area contributed by atoms with Crippen LogP contribution in [0.2, 0.25) is 0 Å². The average Bonchev–Trinajstić information content (AvgIpc) is 2.11. The molecule has 0 heterocycles. The zero-order valence-corrected chi connectivity index (χ0v) is 8.68. The lowest BCUT2D eigenvalue weighted by Crippen LogP contribution is -2.31. The van der Waals surface area contributed by atoms with Crippen molar-refractivity contribution in [3.63, 3.8) is 0 Å². The molecule has 0 atom stereocenters. The van der Waals surface area contributed by atoms with Crippen LogP contribution in [0.3, 0.4) is 0 Å². The molecule has 6 heteroatoms. The molecule has 0 rings (SSSR count). The van der Waals surface area contributed by atoms with E-state index in [1.165, 1.54) is 0 Å². The lowest BCUT2D eigenvalue weighted by atomic mass is 10.6. The van der Waals surface area contributed by atoms with E-state index in [0.29, 0.717) is 13.1 Å². The van der Waals surface area contributed by atoms with Crippen molar-refractivity contribution in [3.8, 4) is 0 Å². The van der Waals surface area contributed by atoms with Crippen LogP contribution in [0.25, 0.3) is 0 Å². The number of nitrogens with one attached hydrogen (secondary N) is 2. The van der Waals surface area contributed by atoms with E-state index in [0.717, 1.165) is 23.5 Å². The first-order chi connectivity index (χ1) is 5.70. The molecule has 4 nitrogen and oxygen atoms in total. The highest BCUT2D eigenvalue weighted by Crippen LogP contribution is 1.92. The quantitative estimate of drug-likeness (QED) is 0.683. The van der Waals surface area contributed by atoms with Gasteiger partial charge in [-0.3, -0.25) is 9.59 Å². The zero-order valence-electron chi connectivity index (χ0n) is 7.05. The number of hydrogen-bond donors (Lipinski definition) is 2. The van der Waals surface area contributed by atoms with Gasteiger partial charge in [0.25, 0.3) is 10.5 Å². The molecule has 0 radical (unpaired) electrons. The van der Waals surface area contributed by atoms with Gasteiger partial charge in [-0.1, -0.05) is 23.5 Å². The molecule has 0 bridgehead atoms. The molecule has 0 aliphatic rings. The minimum Gasteiger partial charge on any atom is -0.345 e. The summed E-state index contributed by atoms with van der Waals surface area (Å²) in [6.45, 7) is 0.956. The largest absolute Gasteiger partial charge is 0.345 e. The molecule has 12 heavy (non-hydrogen) atoms. The van der Waals surface area contributed by atoms with Crippen LogP contribution < -0.4 is 10.6 Å². The van der Waals surface area contributed by atoms with Crippen LogP contribution >= 0.6 is 23.5 Å². The molecule has 0 unspecified atom stereocenters. The van der Waals surface area contributed by atoms with Crippen LogP contribution in [0.15, 0.2) is 0 Å². The van der Waals surface area contributed by atoms with Gasteiger partial charge in [-0.2, -0.15) is 0 Å². The molecule has 0 aliphatic heterocycles. The van der Waals surface area contributed by atoms with E-state index in [4.69, 9.17) is 0 Å². The molecular weight excluding hydrogens is 196 g/mol. The minimum absolute atomic E-state index is 0.0756. The van der Waals surface area contributed by atoms with E-state index < -0.39 is 0 Å². The standard InChI is InChI=1S/C6H12N2O2S2/c1-11-5(9)7-3-4-8-6(10)12-2/h3-4H2,1-2H3,(H,7,9)(H,8,10). The molecule has 0 aromatic rings. The Kier molecular flexibility index (Phi) is 7.08. The molecular formula is C6H12N2O2S2. The highest BCUT2D eigenvalue weighted by atomic mass is 32.2. The Morgan fingerprint density at radius 1 is 1.00 bits per heavy atom. The first kappa shape index (κ1) is 11.6. The van der Waals surface area contributed by atoms with Crippen LogP contribution in [0.5, 0.6) is 0 Å². The fourth-order valence-corrected chi connectivity index (χ4v) is 0.966. The van der Waals surface area contributed by atoms with E-state index >= 15 is 0 Å². The van der Waals surface area contributed by atoms with Gasteiger partial charge in [0.15, 0.2) is 0 Å². The van der Waals surface area contributed by atoms with E-state index in [1.807, 2.05) is 0 Å². The van der Waals surface area contributed by atoms with Gasteiger partial charge < -0.3 is 10.6 Å². The molecule has 0 aromatic heterocycles. The van der Waals surface area contributed by atoms with Crippen LogP contribution in [0.4, 0.5) is 9.59 Å². The predicted octanol–water partition coefficient (Wildman–Crippen LogP) is 1.13. The molecule has 70 valence electrons. The zero-order chi connectivity index (χ0) is 9.40. The monoisotopic (exact) mass is 208 g/mol. The topological polar surface area (TPSA) is 58.2 Å². The molecule has 2 amide bonds. The summed E-state index contributed by atoms with van der Waals surface area (Å²) in [5, 5.41) is 5.07. The Hall–Kier alpha value is -0.360. The Morgan fingerprint density at radius 2 is 1.33 bits per heavy atom. The number of amides is 2. The van der Waals surface area contributed by atoms with E-state index in [1.54, 1.807) is 12.5 Å². The number of carbonyl (C=O) groups excluding carboxylic acids is 2. The molecule has 2 N–H and O–H groups in total. The molecule has 0 aromatic carbocycles. The summed E-state index contributed by atoms with van der Waals surface area (Å²) >= 11 is 2.24. The van der Waals surface area contributed by atoms with E-state index in [2.05, 4.69) is 10.6 Å². The third-order valence-corrected chi connectivity index (χ3v) is 2.06. The second kappa shape index (κ2) is 7.30. The number of thioether (sulfide) groups is 2. The van der Waals surface area contributed by atoms with Crippen LogP contribution in [-0.4, -0.2) is 36.1 Å². The van der Waals surface area contributed by atoms with Crippen LogP contribution in [0, 0.1) is 0 Å². The Morgan fingerprint density at radius 3 is 1.58 bits per heavy atom. The van der Waals surface area contributed by atoms with Crippen LogP contribution in [0.1, 0.15) is 0 Å². The summed E-state index contributed by atoms with van der Waals surface area (Å²) in [5.74, 6) is 0. The maximum Gasteiger partial charge on any atom is 0.278 e. The Balaban J connectivity index is 3.21. The SMILES string of the molecule is CSC(=O)NCCNC(=O)SC. The summed E-state index contributed by atoms with van der Waals surface area (Å²) in [6, 6.07) is 0. The van der Waals surface area contributed by atoms with Gasteiger partial charge in [0.2, 0.25) is 0 Å². The van der Waals surface area contributed by atoms with Crippen molar-refractivity contribution in [2.45, 2.75) is 0 Å². The fourth-order valence-electron chi connectivity index (χ4n) is 0.473. The third-order valence-electron chi connectivity index (χ3n) is 1.03. The van der Waals surface area contributed by atoms with Crippen molar-refractivity contribution in [3.05, 3.63) is 0 Å². The van der Waals surface area contributed by atoms with Gasteiger partial charge in [-0.25, -0.2) is 0 Å². The summed E-state index contributed by atoms with van der Waals surface area (Å²) in [6.07, 6.45) is 3.41. The molecule has 0 spiro atoms. The van der Waals surface area contributed by atoms with Gasteiger partial charge in [-0.15, -0.1) is 0 Å². The normalized spacial score (nSPS) is 9.17. The second-order valence-electron chi connectivity index (χ2n) is 1.84. The summed E-state index contributed by atoms with van der Waals surface area (Å²) in [4.78, 5) is 21.3. The highest BCUT2D eigenvalue weighted by Gasteiger charge is 1.97. The molecule has 0 saturated heterocycles. The van der Waals surface area contributed by atoms with E-state index in [9.17, 15) is 9.59 Å². The maximum atomic E-state index is 10.7. The summed E-state index contributed by atoms with van der Waals surface area (Å²) in [5.41, 5.74) is 0. The van der Waals surface area contributed by atoms with Gasteiger partial charge >= 0.3 is 0 Å². The van der Waals surface area contributed by atoms with Gasteiger partial charge in [0, 0.05) is 13.1 Å². The molecule has 0 fully saturated rings. The van der Waals surface area contributed by atoms with Gasteiger partial charge in [-0.05, 0) is 12.5 Å². The Labute approximate surface area is 80.2 Å². The van der Waals surface area contributed by atoms with E-state index in [-0.39, 0.29) is 10.5 Å². The highest BCUT2D eigenvalue weighted by molar-refractivity contribution is 8.13. The summed E-state index contributed by atoms with van der Waals surface area (Å²) in [7, 11) is 0. The number of hydrogen-bond acceptors (Lipinski definition) is 4. The second-order valence-corrected chi connectivity index (χ2v) is 3.39. The van der Waals surface area contributed by atoms with Gasteiger partial charge in [0.05, 0.1) is 0 Å². The third kappa shape index (κ3) is 6.36. The van der Waals surface area contributed by atoms with Crippen LogP contribution in [-0.2, 0) is 0 Å². The predicted molar refractivity (Wildman–Crippen MR) is 53.8 cm³/mol. The number of carbonyl (C=O) groups is 2. The average molecular weight is 208 g/mol. The van der Waals surface area contributed by atoms with Crippen molar-refractivity contribution >= 4 is 34.0 Å². The summed E-state index contributed by atoms with van der Waals surface area (Å²) < 4.78 is 0. The fraction of sp³-hybridized carbons (Fsp3) is 0.667. The smallest absolute Gasteiger partial charge is 0.278 e. The lowest BCUT2D eigenvalue weighted by Gasteiger charge is -2.03. The number of rotatable bonds is 3. The van der Waals surface area contributed by atoms with Crippen molar-refractivity contribution < 1.29 is 9.59 Å². The Bertz CT molecular complexity index is 146.